The van der Waals surface area contributed by atoms with Gasteiger partial charge in [-0.1, -0.05) is 18.2 Å². The van der Waals surface area contributed by atoms with E-state index in [-0.39, 0.29) is 6.61 Å². The maximum Gasteiger partial charge on any atom is 0.255 e. The number of hydrogen-bond acceptors (Lipinski definition) is 4. The predicted molar refractivity (Wildman–Crippen MR) is 79.3 cm³/mol. The fraction of sp³-hybridized carbons (Fsp3) is 0.133. The third kappa shape index (κ3) is 3.91. The van der Waals surface area contributed by atoms with Crippen LogP contribution in [-0.2, 0) is 11.3 Å². The van der Waals surface area contributed by atoms with Crippen LogP contribution < -0.4 is 21.5 Å². The quantitative estimate of drug-likeness (QED) is 0.698. The van der Waals surface area contributed by atoms with Crippen molar-refractivity contribution in [1.29, 1.82) is 0 Å². The number of nitrogen functional groups attached to an aromatic ring is 1. The Bertz CT molecular complexity index is 582. The van der Waals surface area contributed by atoms with Crippen LogP contribution in [0.3, 0.4) is 0 Å². The van der Waals surface area contributed by atoms with Crippen molar-refractivity contribution in [2.75, 3.05) is 17.7 Å². The predicted octanol–water partition coefficient (Wildman–Crippen LogP) is 1.74. The molecule has 2 rings (SSSR count). The van der Waals surface area contributed by atoms with E-state index in [9.17, 15) is 4.79 Å². The molecule has 0 saturated heterocycles. The lowest BCUT2D eigenvalue weighted by molar-refractivity contribution is -0.119. The molecule has 0 spiro atoms. The summed E-state index contributed by atoms with van der Waals surface area (Å²) < 4.78 is 5.18. The van der Waals surface area contributed by atoms with Crippen molar-refractivity contribution in [1.82, 2.24) is 0 Å². The van der Waals surface area contributed by atoms with E-state index in [0.717, 1.165) is 16.9 Å². The van der Waals surface area contributed by atoms with Crippen LogP contribution >= 0.6 is 0 Å². The first-order valence-electron chi connectivity index (χ1n) is 6.23. The van der Waals surface area contributed by atoms with Gasteiger partial charge in [0.15, 0.2) is 6.61 Å². The Morgan fingerprint density at radius 1 is 1.10 bits per heavy atom. The van der Waals surface area contributed by atoms with Crippen LogP contribution in [0.25, 0.3) is 0 Å². The van der Waals surface area contributed by atoms with E-state index < -0.39 is 5.91 Å². The second-order valence-electron chi connectivity index (χ2n) is 4.33. The summed E-state index contributed by atoms with van der Waals surface area (Å²) in [6.45, 7) is 0.529. The number of hydrogen-bond donors (Lipinski definition) is 3. The first kappa shape index (κ1) is 13.7. The minimum Gasteiger partial charge on any atom is -0.484 e. The molecule has 0 aromatic heterocycles. The Morgan fingerprint density at radius 3 is 2.45 bits per heavy atom. The molecule has 0 saturated carbocycles. The number of para-hydroxylation sites is 1. The maximum absolute atomic E-state index is 10.6. The van der Waals surface area contributed by atoms with E-state index in [2.05, 4.69) is 5.32 Å². The summed E-state index contributed by atoms with van der Waals surface area (Å²) in [5.74, 6) is 0.111. The molecule has 0 aliphatic rings. The average molecular weight is 271 g/mol. The molecule has 20 heavy (non-hydrogen) atoms. The topological polar surface area (TPSA) is 90.4 Å². The molecule has 104 valence electrons. The molecule has 0 atom stereocenters. The molecule has 0 bridgehead atoms. The van der Waals surface area contributed by atoms with Gasteiger partial charge in [-0.2, -0.15) is 0 Å². The number of nitrogens with two attached hydrogens (primary N) is 2. The van der Waals surface area contributed by atoms with E-state index >= 15 is 0 Å². The monoisotopic (exact) mass is 271 g/mol. The van der Waals surface area contributed by atoms with Gasteiger partial charge < -0.3 is 21.5 Å². The highest BCUT2D eigenvalue weighted by atomic mass is 16.5. The third-order valence-electron chi connectivity index (χ3n) is 2.77. The molecule has 0 unspecified atom stereocenters. The van der Waals surface area contributed by atoms with Crippen LogP contribution in [0.2, 0.25) is 0 Å². The van der Waals surface area contributed by atoms with Gasteiger partial charge in [0.05, 0.1) is 0 Å². The molecule has 0 aliphatic heterocycles. The van der Waals surface area contributed by atoms with Crippen LogP contribution in [0.4, 0.5) is 11.4 Å². The first-order chi connectivity index (χ1) is 9.65. The molecule has 5 heteroatoms. The number of rotatable bonds is 6. The fourth-order valence-electron chi connectivity index (χ4n) is 1.72. The highest BCUT2D eigenvalue weighted by molar-refractivity contribution is 5.75. The lowest BCUT2D eigenvalue weighted by Gasteiger charge is -2.09. The largest absolute Gasteiger partial charge is 0.484 e. The molecule has 5 nitrogen and oxygen atoms in total. The van der Waals surface area contributed by atoms with Crippen molar-refractivity contribution < 1.29 is 9.53 Å². The third-order valence-corrected chi connectivity index (χ3v) is 2.77. The van der Waals surface area contributed by atoms with Gasteiger partial charge in [-0.25, -0.2) is 0 Å². The minimum atomic E-state index is -0.494. The molecule has 2 aromatic rings. The number of carbonyl (C=O) groups is 1. The van der Waals surface area contributed by atoms with Gasteiger partial charge in [0.2, 0.25) is 0 Å². The maximum atomic E-state index is 10.6. The SMILES string of the molecule is NC(=O)COc1ccc(NCc2ccccc2N)cc1. The lowest BCUT2D eigenvalue weighted by atomic mass is 10.2. The Hall–Kier alpha value is -2.69. The highest BCUT2D eigenvalue weighted by Gasteiger charge is 2.00. The molecular weight excluding hydrogens is 254 g/mol. The summed E-state index contributed by atoms with van der Waals surface area (Å²) in [5, 5.41) is 3.27. The van der Waals surface area contributed by atoms with E-state index in [0.29, 0.717) is 12.3 Å². The molecule has 2 aromatic carbocycles. The van der Waals surface area contributed by atoms with E-state index in [1.54, 1.807) is 12.1 Å². The number of anilines is 2. The highest BCUT2D eigenvalue weighted by Crippen LogP contribution is 2.17. The Morgan fingerprint density at radius 2 is 1.80 bits per heavy atom. The number of nitrogens with one attached hydrogen (secondary N) is 1. The van der Waals surface area contributed by atoms with Crippen LogP contribution in [0, 0.1) is 0 Å². The van der Waals surface area contributed by atoms with Gasteiger partial charge >= 0.3 is 0 Å². The summed E-state index contributed by atoms with van der Waals surface area (Å²) in [6, 6.07) is 15.0. The van der Waals surface area contributed by atoms with Gasteiger partial charge in [-0.05, 0) is 35.9 Å². The van der Waals surface area contributed by atoms with E-state index in [1.807, 2.05) is 36.4 Å². The number of benzene rings is 2. The summed E-state index contributed by atoms with van der Waals surface area (Å²) in [5.41, 5.74) is 13.6. The van der Waals surface area contributed by atoms with Gasteiger partial charge in [0, 0.05) is 17.9 Å². The molecule has 0 heterocycles. The Kier molecular flexibility index (Phi) is 4.44. The second kappa shape index (κ2) is 6.47. The van der Waals surface area contributed by atoms with Gasteiger partial charge in [0.1, 0.15) is 5.75 Å². The number of amides is 1. The van der Waals surface area contributed by atoms with Gasteiger partial charge in [-0.15, -0.1) is 0 Å². The van der Waals surface area contributed by atoms with E-state index in [1.165, 1.54) is 0 Å². The summed E-state index contributed by atoms with van der Waals surface area (Å²) in [7, 11) is 0. The van der Waals surface area contributed by atoms with Crippen LogP contribution in [0.1, 0.15) is 5.56 Å². The number of primary amides is 1. The molecule has 5 N–H and O–H groups in total. The molecule has 1 amide bonds. The smallest absolute Gasteiger partial charge is 0.255 e. The van der Waals surface area contributed by atoms with Crippen molar-refractivity contribution >= 4 is 17.3 Å². The summed E-state index contributed by atoms with van der Waals surface area (Å²) in [6.07, 6.45) is 0. The van der Waals surface area contributed by atoms with Crippen molar-refractivity contribution in [3.05, 3.63) is 54.1 Å². The second-order valence-corrected chi connectivity index (χ2v) is 4.33. The molecule has 0 fully saturated rings. The fourth-order valence-corrected chi connectivity index (χ4v) is 1.72. The first-order valence-corrected chi connectivity index (χ1v) is 6.23. The molecule has 0 radical (unpaired) electrons. The van der Waals surface area contributed by atoms with Crippen molar-refractivity contribution in [3.8, 4) is 5.75 Å². The Labute approximate surface area is 117 Å². The van der Waals surface area contributed by atoms with Crippen molar-refractivity contribution in [3.63, 3.8) is 0 Å². The zero-order valence-corrected chi connectivity index (χ0v) is 11.0. The summed E-state index contributed by atoms with van der Waals surface area (Å²) >= 11 is 0. The normalized spacial score (nSPS) is 10.0. The summed E-state index contributed by atoms with van der Waals surface area (Å²) in [4.78, 5) is 10.6. The minimum absolute atomic E-state index is 0.118. The standard InChI is InChI=1S/C15H17N3O2/c16-14-4-2-1-3-11(14)9-18-12-5-7-13(8-6-12)20-10-15(17)19/h1-8,18H,9-10,16H2,(H2,17,19). The van der Waals surface area contributed by atoms with Crippen LogP contribution in [0.5, 0.6) is 5.75 Å². The molecule has 0 aliphatic carbocycles. The lowest BCUT2D eigenvalue weighted by Crippen LogP contribution is -2.19. The zero-order valence-electron chi connectivity index (χ0n) is 11.0. The zero-order chi connectivity index (χ0) is 14.4. The number of ether oxygens (including phenoxy) is 1. The van der Waals surface area contributed by atoms with E-state index in [4.69, 9.17) is 16.2 Å². The van der Waals surface area contributed by atoms with Gasteiger partial charge in [-0.3, -0.25) is 4.79 Å². The van der Waals surface area contributed by atoms with Crippen molar-refractivity contribution in [2.24, 2.45) is 5.73 Å². The molecular formula is C15H17N3O2. The van der Waals surface area contributed by atoms with Crippen molar-refractivity contribution in [2.45, 2.75) is 6.54 Å². The van der Waals surface area contributed by atoms with Crippen LogP contribution in [-0.4, -0.2) is 12.5 Å². The van der Waals surface area contributed by atoms with Crippen LogP contribution in [0.15, 0.2) is 48.5 Å². The van der Waals surface area contributed by atoms with Gasteiger partial charge in [0.25, 0.3) is 5.91 Å². The Balaban J connectivity index is 1.91. The number of carbonyl (C=O) groups excluding carboxylic acids is 1. The average Bonchev–Trinajstić information content (AvgIpc) is 2.45.